The van der Waals surface area contributed by atoms with Crippen LogP contribution in [0.3, 0.4) is 0 Å². The summed E-state index contributed by atoms with van der Waals surface area (Å²) in [6, 6.07) is 3.37. The average Bonchev–Trinajstić information content (AvgIpc) is 3.13. The van der Waals surface area contributed by atoms with Crippen LogP contribution in [0.2, 0.25) is 0 Å². The summed E-state index contributed by atoms with van der Waals surface area (Å²) in [6.45, 7) is 10.1. The Kier molecular flexibility index (Phi) is 5.15. The molecule has 2 atom stereocenters. The van der Waals surface area contributed by atoms with Crippen LogP contribution in [0.4, 0.5) is 0 Å². The predicted molar refractivity (Wildman–Crippen MR) is 104 cm³/mol. The van der Waals surface area contributed by atoms with Crippen LogP contribution >= 0.6 is 0 Å². The lowest BCUT2D eigenvalue weighted by Gasteiger charge is -2.24. The first-order valence-electron chi connectivity index (χ1n) is 8.17. The number of aromatic nitrogens is 4. The van der Waals surface area contributed by atoms with Crippen LogP contribution in [0, 0.1) is 4.78 Å². The Hall–Kier alpha value is -1.68. The number of hydrogen-bond acceptors (Lipinski definition) is 6. The molecule has 0 bridgehead atoms. The molecule has 0 aliphatic carbocycles. The average molecular weight is 401 g/mol. The number of aromatic amines is 1. The molecule has 0 aromatic carbocycles. The molecule has 2 N–H and O–H groups in total. The van der Waals surface area contributed by atoms with E-state index < -0.39 is 24.9 Å². The Labute approximate surface area is 155 Å². The second kappa shape index (κ2) is 6.49. The Morgan fingerprint density at radius 1 is 1.23 bits per heavy atom. The van der Waals surface area contributed by atoms with Crippen molar-refractivity contribution in [2.24, 2.45) is 4.36 Å². The highest BCUT2D eigenvalue weighted by Crippen LogP contribution is 2.26. The monoisotopic (exact) mass is 400 g/mol. The van der Waals surface area contributed by atoms with Crippen molar-refractivity contribution >= 4 is 19.5 Å². The summed E-state index contributed by atoms with van der Waals surface area (Å²) >= 11 is 0. The Bertz CT molecular complexity index is 1020. The van der Waals surface area contributed by atoms with Crippen molar-refractivity contribution in [1.29, 1.82) is 4.78 Å². The summed E-state index contributed by atoms with van der Waals surface area (Å²) in [5.74, 6) is 0. The number of hydrogen-bond donors (Lipinski definition) is 2. The quantitative estimate of drug-likeness (QED) is 0.802. The first-order valence-corrected chi connectivity index (χ1v) is 12.1. The first-order chi connectivity index (χ1) is 11.6. The molecule has 0 radical (unpaired) electrons. The van der Waals surface area contributed by atoms with E-state index in [1.165, 1.54) is 6.26 Å². The molecule has 0 aliphatic rings. The molecular formula is C16H28N6O2S2. The van der Waals surface area contributed by atoms with Crippen molar-refractivity contribution in [3.05, 3.63) is 24.0 Å². The smallest absolute Gasteiger partial charge is 0.157 e. The van der Waals surface area contributed by atoms with Crippen LogP contribution < -0.4 is 0 Å². The van der Waals surface area contributed by atoms with Gasteiger partial charge in [0.2, 0.25) is 0 Å². The number of H-pyrrole nitrogens is 1. The van der Waals surface area contributed by atoms with Crippen molar-refractivity contribution in [1.82, 2.24) is 20.0 Å². The standard InChI is InChI=1S/C16H28N6O2S2/c1-15(2,3)22-14(8-9-18-22)26(7,24)19-11-16(4,5)12-10-13(21-20-12)25(6,17)23/h8-10,17H,11H2,1-7H3,(H,20,21). The van der Waals surface area contributed by atoms with Crippen LogP contribution in [0.1, 0.15) is 40.3 Å². The van der Waals surface area contributed by atoms with Crippen molar-refractivity contribution in [2.45, 2.75) is 55.6 Å². The van der Waals surface area contributed by atoms with Gasteiger partial charge in [0.05, 0.1) is 37.7 Å². The highest BCUT2D eigenvalue weighted by molar-refractivity contribution is 7.92. The Morgan fingerprint density at radius 2 is 1.85 bits per heavy atom. The molecule has 10 heteroatoms. The van der Waals surface area contributed by atoms with E-state index in [1.54, 1.807) is 29.3 Å². The van der Waals surface area contributed by atoms with Gasteiger partial charge >= 0.3 is 0 Å². The summed E-state index contributed by atoms with van der Waals surface area (Å²) in [6.07, 6.45) is 4.58. The van der Waals surface area contributed by atoms with Crippen molar-refractivity contribution in [3.63, 3.8) is 0 Å². The molecule has 0 fully saturated rings. The van der Waals surface area contributed by atoms with Gasteiger partial charge in [-0.2, -0.15) is 10.2 Å². The van der Waals surface area contributed by atoms with Gasteiger partial charge in [-0.05, 0) is 32.9 Å². The second-order valence-electron chi connectivity index (χ2n) is 8.19. The van der Waals surface area contributed by atoms with Crippen molar-refractivity contribution in [2.75, 3.05) is 19.1 Å². The van der Waals surface area contributed by atoms with Crippen LogP contribution in [-0.4, -0.2) is 47.5 Å². The SMILES string of the molecule is CC(C)(CN=S(C)(=O)c1ccnn1C(C)(C)C)c1cc(S(C)(=N)=O)n[nH]1. The largest absolute Gasteiger partial charge is 0.281 e. The number of nitrogens with one attached hydrogen (secondary N) is 2. The predicted octanol–water partition coefficient (Wildman–Crippen LogP) is 2.83. The molecule has 0 saturated carbocycles. The van der Waals surface area contributed by atoms with Gasteiger partial charge < -0.3 is 0 Å². The molecule has 2 rings (SSSR count). The van der Waals surface area contributed by atoms with Crippen LogP contribution in [-0.2, 0) is 30.4 Å². The molecule has 2 heterocycles. The molecule has 146 valence electrons. The van der Waals surface area contributed by atoms with E-state index in [4.69, 9.17) is 4.78 Å². The van der Waals surface area contributed by atoms with Gasteiger partial charge in [-0.25, -0.2) is 17.6 Å². The summed E-state index contributed by atoms with van der Waals surface area (Å²) in [5.41, 5.74) is -0.0880. The van der Waals surface area contributed by atoms with Gasteiger partial charge in [0, 0.05) is 23.6 Å². The molecule has 0 spiro atoms. The van der Waals surface area contributed by atoms with E-state index in [-0.39, 0.29) is 17.1 Å². The number of rotatable bonds is 5. The normalized spacial score (nSPS) is 17.5. The zero-order valence-electron chi connectivity index (χ0n) is 16.4. The highest BCUT2D eigenvalue weighted by Gasteiger charge is 2.27. The lowest BCUT2D eigenvalue weighted by Crippen LogP contribution is -2.27. The van der Waals surface area contributed by atoms with Crippen LogP contribution in [0.25, 0.3) is 0 Å². The second-order valence-corrected chi connectivity index (χ2v) is 12.6. The molecule has 8 nitrogen and oxygen atoms in total. The summed E-state index contributed by atoms with van der Waals surface area (Å²) in [7, 11) is -5.53. The lowest BCUT2D eigenvalue weighted by molar-refractivity contribution is 0.327. The minimum atomic E-state index is -2.88. The van der Waals surface area contributed by atoms with Crippen LogP contribution in [0.15, 0.2) is 32.7 Å². The van der Waals surface area contributed by atoms with E-state index >= 15 is 0 Å². The Morgan fingerprint density at radius 3 is 2.35 bits per heavy atom. The van der Waals surface area contributed by atoms with E-state index in [2.05, 4.69) is 19.7 Å². The summed E-state index contributed by atoms with van der Waals surface area (Å²) in [4.78, 5) is 0. The van der Waals surface area contributed by atoms with Gasteiger partial charge in [-0.1, -0.05) is 13.8 Å². The van der Waals surface area contributed by atoms with Crippen molar-refractivity contribution in [3.8, 4) is 0 Å². The molecule has 26 heavy (non-hydrogen) atoms. The van der Waals surface area contributed by atoms with Gasteiger partial charge in [0.15, 0.2) is 5.03 Å². The molecule has 0 amide bonds. The molecule has 0 saturated heterocycles. The maximum Gasteiger partial charge on any atom is 0.157 e. The molecule has 0 aliphatic heterocycles. The summed E-state index contributed by atoms with van der Waals surface area (Å²) < 4.78 is 38.9. The number of nitrogens with zero attached hydrogens (tertiary/aromatic N) is 4. The fraction of sp³-hybridized carbons (Fsp3) is 0.625. The minimum Gasteiger partial charge on any atom is -0.281 e. The zero-order chi connectivity index (χ0) is 20.0. The summed E-state index contributed by atoms with van der Waals surface area (Å²) in [5, 5.41) is 11.9. The van der Waals surface area contributed by atoms with E-state index in [0.29, 0.717) is 10.7 Å². The maximum atomic E-state index is 13.2. The van der Waals surface area contributed by atoms with Gasteiger partial charge in [-0.15, -0.1) is 0 Å². The molecular weight excluding hydrogens is 372 g/mol. The first kappa shape index (κ1) is 20.6. The molecule has 2 aromatic rings. The van der Waals surface area contributed by atoms with E-state index in [0.717, 1.165) is 0 Å². The minimum absolute atomic E-state index is 0.212. The molecule has 2 aromatic heterocycles. The third kappa shape index (κ3) is 4.35. The lowest BCUT2D eigenvalue weighted by atomic mass is 9.90. The third-order valence-corrected chi connectivity index (χ3v) is 6.73. The fourth-order valence-corrected chi connectivity index (χ4v) is 4.59. The van der Waals surface area contributed by atoms with Gasteiger partial charge in [0.1, 0.15) is 5.03 Å². The zero-order valence-corrected chi connectivity index (χ0v) is 18.0. The van der Waals surface area contributed by atoms with Gasteiger partial charge in [-0.3, -0.25) is 9.78 Å². The topological polar surface area (TPSA) is 117 Å². The maximum absolute atomic E-state index is 13.2. The van der Waals surface area contributed by atoms with E-state index in [9.17, 15) is 8.42 Å². The third-order valence-electron chi connectivity index (χ3n) is 4.02. The van der Waals surface area contributed by atoms with Crippen molar-refractivity contribution < 1.29 is 8.42 Å². The Balaban J connectivity index is 2.37. The molecule has 2 unspecified atom stereocenters. The van der Waals surface area contributed by atoms with Crippen LogP contribution in [0.5, 0.6) is 0 Å². The fourth-order valence-electron chi connectivity index (χ4n) is 2.37. The van der Waals surface area contributed by atoms with Gasteiger partial charge in [0.25, 0.3) is 0 Å². The highest BCUT2D eigenvalue weighted by atomic mass is 32.2. The van der Waals surface area contributed by atoms with E-state index in [1.807, 2.05) is 34.6 Å².